The molecule has 0 bridgehead atoms. The zero-order valence-electron chi connectivity index (χ0n) is 28.0. The molecule has 0 amide bonds. The summed E-state index contributed by atoms with van der Waals surface area (Å²) in [6, 6.07) is 11.7. The predicted molar refractivity (Wildman–Crippen MR) is 195 cm³/mol. The molecule has 7 N–H and O–H groups in total. The third-order valence-electron chi connectivity index (χ3n) is 8.71. The summed E-state index contributed by atoms with van der Waals surface area (Å²) in [7, 11) is -14.6. The minimum atomic E-state index is -5.10. The van der Waals surface area contributed by atoms with Crippen molar-refractivity contribution in [2.45, 2.75) is 41.9 Å². The van der Waals surface area contributed by atoms with Gasteiger partial charge in [-0.25, -0.2) is 4.98 Å². The minimum Gasteiger partial charge on any atom is -0.397 e. The van der Waals surface area contributed by atoms with E-state index in [1.807, 2.05) is 0 Å². The van der Waals surface area contributed by atoms with Crippen molar-refractivity contribution >= 4 is 82.2 Å². The topological polar surface area (TPSA) is 286 Å². The first-order valence-corrected chi connectivity index (χ1v) is 20.0. The van der Waals surface area contributed by atoms with Gasteiger partial charge in [-0.3, -0.25) is 23.2 Å². The van der Waals surface area contributed by atoms with Gasteiger partial charge in [-0.1, -0.05) is 30.3 Å². The number of carbonyl (C=O) groups is 2. The first kappa shape index (κ1) is 38.4. The van der Waals surface area contributed by atoms with Gasteiger partial charge in [0.25, 0.3) is 30.4 Å². The Bertz CT molecular complexity index is 2830. The Hall–Kier alpha value is -5.35. The Morgan fingerprint density at radius 3 is 1.94 bits per heavy atom. The number of nitrogens with zero attached hydrogens (tertiary/aromatic N) is 3. The quantitative estimate of drug-likeness (QED) is 0.0857. The third kappa shape index (κ3) is 7.02. The molecule has 21 heteroatoms. The number of nitrogens with two attached hydrogens (primary N) is 1. The Morgan fingerprint density at radius 2 is 1.35 bits per heavy atom. The van der Waals surface area contributed by atoms with Crippen molar-refractivity contribution in [2.75, 3.05) is 16.4 Å². The van der Waals surface area contributed by atoms with E-state index in [0.29, 0.717) is 5.56 Å². The fourth-order valence-electron chi connectivity index (χ4n) is 6.37. The minimum absolute atomic E-state index is 0.0189. The van der Waals surface area contributed by atoms with Crippen molar-refractivity contribution in [2.24, 2.45) is 0 Å². The van der Waals surface area contributed by atoms with Crippen LogP contribution in [-0.2, 0) is 36.8 Å². The van der Waals surface area contributed by atoms with Crippen LogP contribution in [0.5, 0.6) is 0 Å². The van der Waals surface area contributed by atoms with Crippen LogP contribution in [0.2, 0.25) is 5.28 Å². The van der Waals surface area contributed by atoms with Gasteiger partial charge in [0.15, 0.2) is 11.6 Å². The number of anilines is 5. The predicted octanol–water partition coefficient (Wildman–Crippen LogP) is 4.63. The number of hydrogen-bond acceptors (Lipinski definition) is 14. The summed E-state index contributed by atoms with van der Waals surface area (Å²) >= 11 is 6.20. The largest absolute Gasteiger partial charge is 0.397 e. The van der Waals surface area contributed by atoms with Crippen molar-refractivity contribution in [3.63, 3.8) is 0 Å². The first-order chi connectivity index (χ1) is 25.1. The summed E-state index contributed by atoms with van der Waals surface area (Å²) < 4.78 is 104. The highest BCUT2D eigenvalue weighted by molar-refractivity contribution is 7.86. The van der Waals surface area contributed by atoms with Crippen LogP contribution < -0.4 is 16.4 Å². The second-order valence-corrected chi connectivity index (χ2v) is 16.6. The number of aromatic nitrogens is 3. The van der Waals surface area contributed by atoms with E-state index in [1.54, 1.807) is 6.92 Å². The summed E-state index contributed by atoms with van der Waals surface area (Å²) in [4.78, 5) is 38.2. The summed E-state index contributed by atoms with van der Waals surface area (Å²) in [6.45, 7) is 4.29. The van der Waals surface area contributed by atoms with E-state index < -0.39 is 67.9 Å². The molecule has 0 saturated heterocycles. The van der Waals surface area contributed by atoms with E-state index in [0.717, 1.165) is 18.2 Å². The monoisotopic (exact) mass is 814 g/mol. The van der Waals surface area contributed by atoms with Crippen molar-refractivity contribution in [3.8, 4) is 0 Å². The molecule has 1 aliphatic rings. The third-order valence-corrected chi connectivity index (χ3v) is 11.7. The van der Waals surface area contributed by atoms with E-state index in [9.17, 15) is 48.5 Å². The SMILES string of the molecule is Cc1c(Cc2nc(Cl)nc(Nc3cccc(S(=O)(=O)O)c3)n2)c(C)c(S(=O)(=O)O)c(C)c1Nc1cc(S(=O)(=O)O)c(N)c2c1C(=O)c1ccccc1C2=O. The highest BCUT2D eigenvalue weighted by Crippen LogP contribution is 2.43. The number of nitrogens with one attached hydrogen (secondary N) is 2. The molecule has 0 aliphatic heterocycles. The average Bonchev–Trinajstić information content (AvgIpc) is 3.06. The number of rotatable bonds is 9. The molecule has 0 radical (unpaired) electrons. The fourth-order valence-corrected chi connectivity index (χ4v) is 8.72. The summed E-state index contributed by atoms with van der Waals surface area (Å²) in [5.41, 5.74) is 4.76. The smallest absolute Gasteiger partial charge is 0.296 e. The average molecular weight is 815 g/mol. The van der Waals surface area contributed by atoms with E-state index in [2.05, 4.69) is 25.6 Å². The van der Waals surface area contributed by atoms with Gasteiger partial charge in [0.1, 0.15) is 15.6 Å². The molecule has 4 aromatic carbocycles. The second-order valence-electron chi connectivity index (χ2n) is 12.1. The van der Waals surface area contributed by atoms with Crippen LogP contribution in [-0.4, -0.2) is 65.4 Å². The van der Waals surface area contributed by atoms with Crippen molar-refractivity contribution in [3.05, 3.63) is 110 Å². The van der Waals surface area contributed by atoms with E-state index in [-0.39, 0.29) is 73.9 Å². The molecule has 6 rings (SSSR count). The lowest BCUT2D eigenvalue weighted by molar-refractivity contribution is 0.0980. The summed E-state index contributed by atoms with van der Waals surface area (Å²) in [5, 5.41) is 5.33. The molecule has 5 aromatic rings. The van der Waals surface area contributed by atoms with Gasteiger partial charge in [0, 0.05) is 28.9 Å². The number of hydrogen-bond donors (Lipinski definition) is 6. The van der Waals surface area contributed by atoms with Gasteiger partial charge >= 0.3 is 0 Å². The summed E-state index contributed by atoms with van der Waals surface area (Å²) in [6.07, 6.45) is -0.266. The Balaban J connectivity index is 1.52. The molecular weight excluding hydrogens is 788 g/mol. The maximum atomic E-state index is 13.9. The normalized spacial score (nSPS) is 13.0. The lowest BCUT2D eigenvalue weighted by Crippen LogP contribution is -2.25. The number of nitrogen functional groups attached to an aromatic ring is 1. The molecular formula is C33H27ClN6O11S3. The van der Waals surface area contributed by atoms with Crippen molar-refractivity contribution in [1.29, 1.82) is 0 Å². The molecule has 280 valence electrons. The molecule has 0 unspecified atom stereocenters. The van der Waals surface area contributed by atoms with Crippen LogP contribution in [0.15, 0.2) is 69.3 Å². The van der Waals surface area contributed by atoms with Crippen LogP contribution in [0.1, 0.15) is 59.9 Å². The molecule has 0 fully saturated rings. The van der Waals surface area contributed by atoms with Crippen LogP contribution in [0.3, 0.4) is 0 Å². The number of carbonyl (C=O) groups excluding carboxylic acids is 2. The van der Waals surface area contributed by atoms with E-state index in [1.165, 1.54) is 50.2 Å². The van der Waals surface area contributed by atoms with Crippen LogP contribution in [0.4, 0.5) is 28.7 Å². The highest BCUT2D eigenvalue weighted by Gasteiger charge is 2.37. The van der Waals surface area contributed by atoms with E-state index >= 15 is 0 Å². The van der Waals surface area contributed by atoms with Crippen LogP contribution >= 0.6 is 11.6 Å². The van der Waals surface area contributed by atoms with Crippen molar-refractivity contribution in [1.82, 2.24) is 15.0 Å². The van der Waals surface area contributed by atoms with Crippen LogP contribution in [0.25, 0.3) is 0 Å². The van der Waals surface area contributed by atoms with Gasteiger partial charge < -0.3 is 16.4 Å². The molecule has 1 aromatic heterocycles. The van der Waals surface area contributed by atoms with E-state index in [4.69, 9.17) is 17.3 Å². The number of halogens is 1. The fraction of sp³-hybridized carbons (Fsp3) is 0.121. The zero-order chi connectivity index (χ0) is 39.7. The van der Waals surface area contributed by atoms with Crippen molar-refractivity contribution < 1.29 is 48.5 Å². The zero-order valence-corrected chi connectivity index (χ0v) is 31.2. The maximum Gasteiger partial charge on any atom is 0.296 e. The van der Waals surface area contributed by atoms with Gasteiger partial charge in [-0.15, -0.1) is 0 Å². The lowest BCUT2D eigenvalue weighted by Gasteiger charge is -2.26. The summed E-state index contributed by atoms with van der Waals surface area (Å²) in [5.74, 6) is -1.73. The first-order valence-electron chi connectivity index (χ1n) is 15.3. The molecule has 0 spiro atoms. The number of fused-ring (bicyclic) bond motifs is 2. The molecule has 1 aliphatic carbocycles. The Morgan fingerprint density at radius 1 is 0.722 bits per heavy atom. The number of ketones is 2. The van der Waals surface area contributed by atoms with Crippen LogP contribution in [0, 0.1) is 20.8 Å². The second kappa shape index (κ2) is 13.5. The van der Waals surface area contributed by atoms with Gasteiger partial charge in [0.2, 0.25) is 11.2 Å². The Labute approximate surface area is 312 Å². The molecule has 17 nitrogen and oxygen atoms in total. The Kier molecular flexibility index (Phi) is 9.59. The molecule has 1 heterocycles. The van der Waals surface area contributed by atoms with Gasteiger partial charge in [-0.05, 0) is 78.9 Å². The standard InChI is InChI=1S/C33H27ClN6O11S3/c1-14-21(12-24-38-32(34)40-33(39-24)36-17-7-6-8-18(11-17)52(43,44)45)15(2)31(54(49,50)51)16(3)28(14)37-22-13-23(53(46,47)48)27(35)26-25(22)29(41)19-9-4-5-10-20(19)30(26)42/h4-11,13,37H,12,35H2,1-3H3,(H,43,44,45)(H,46,47,48)(H,49,50,51)(H,36,38,39,40). The number of benzene rings is 4. The molecule has 0 saturated carbocycles. The molecule has 0 atom stereocenters. The van der Waals surface area contributed by atoms with Gasteiger partial charge in [0.05, 0.1) is 27.4 Å². The lowest BCUT2D eigenvalue weighted by atomic mass is 9.82. The van der Waals surface area contributed by atoms with Gasteiger partial charge in [-0.2, -0.15) is 35.2 Å². The highest BCUT2D eigenvalue weighted by atomic mass is 35.5. The molecule has 54 heavy (non-hydrogen) atoms. The maximum absolute atomic E-state index is 13.9.